The molecule has 15 N–H and O–H groups in total. The van der Waals surface area contributed by atoms with Crippen molar-refractivity contribution < 1.29 is 104 Å². The molecule has 43 heteroatoms. The minimum absolute atomic E-state index is 0.00393. The molecule has 80 heavy (non-hydrogen) atoms. The number of phosphoric ester groups is 2. The van der Waals surface area contributed by atoms with Crippen molar-refractivity contribution in [2.24, 2.45) is 13.0 Å². The molecule has 438 valence electrons. The number of ether oxygens (including phenoxy) is 4. The number of aromatic nitrogens is 12. The van der Waals surface area contributed by atoms with Gasteiger partial charge in [0.1, 0.15) is 48.5 Å². The molecule has 39 nitrogen and oxygen atoms in total. The van der Waals surface area contributed by atoms with Crippen LogP contribution >= 0.6 is 31.1 Å². The molecular formula is C37H53N16O23P4+. The number of aromatic amines is 2. The molecule has 16 atom stereocenters. The lowest BCUT2D eigenvalue weighted by Gasteiger charge is -2.26. The van der Waals surface area contributed by atoms with Crippen molar-refractivity contribution in [2.75, 3.05) is 57.8 Å². The lowest BCUT2D eigenvalue weighted by atomic mass is 9.94. The monoisotopic (exact) mass is 1210 g/mol. The van der Waals surface area contributed by atoms with E-state index in [-0.39, 0.29) is 51.2 Å². The zero-order valence-electron chi connectivity index (χ0n) is 41.9. The second-order valence-corrected chi connectivity index (χ2v) is 25.1. The van der Waals surface area contributed by atoms with Gasteiger partial charge in [-0.25, -0.2) is 38.2 Å². The molecule has 0 radical (unpaired) electrons. The first-order chi connectivity index (χ1) is 37.5. The number of phosphoric acid groups is 3. The van der Waals surface area contributed by atoms with Crippen molar-refractivity contribution in [1.29, 1.82) is 0 Å². The fourth-order valence-electron chi connectivity index (χ4n) is 9.30. The number of carbonyl (C=O) groups is 1. The minimum Gasteiger partial charge on any atom is -0.388 e. The zero-order valence-corrected chi connectivity index (χ0v) is 45.5. The van der Waals surface area contributed by atoms with Gasteiger partial charge >= 0.3 is 36.7 Å². The van der Waals surface area contributed by atoms with E-state index in [1.165, 1.54) is 52.4 Å². The smallest absolute Gasteiger partial charge is 0.388 e. The van der Waals surface area contributed by atoms with Crippen LogP contribution in [0, 0.1) is 5.92 Å². The largest absolute Gasteiger partial charge is 0.490 e. The maximum Gasteiger partial charge on any atom is 0.490 e. The molecule has 3 aliphatic heterocycles. The maximum absolute atomic E-state index is 14.0. The number of hydrogen-bond donors (Lipinski definition) is 12. The summed E-state index contributed by atoms with van der Waals surface area (Å²) >= 11 is 0. The molecule has 0 bridgehead atoms. The maximum atomic E-state index is 14.0. The van der Waals surface area contributed by atoms with Gasteiger partial charge < -0.3 is 75.9 Å². The Kier molecular flexibility index (Phi) is 16.4. The second-order valence-electron chi connectivity index (χ2n) is 18.5. The van der Waals surface area contributed by atoms with E-state index in [1.807, 2.05) is 0 Å². The van der Waals surface area contributed by atoms with Crippen LogP contribution in [0.3, 0.4) is 0 Å². The van der Waals surface area contributed by atoms with Crippen LogP contribution in [0.25, 0.3) is 33.5 Å². The number of nitrogen functional groups attached to an aromatic ring is 3. The summed E-state index contributed by atoms with van der Waals surface area (Å²) in [4.78, 5) is 111. The number of amides is 1. The number of aliphatic hydroxyl groups is 3. The molecular weight excluding hydrogens is 1160 g/mol. The summed E-state index contributed by atoms with van der Waals surface area (Å²) in [5, 5.41) is 33.4. The first kappa shape index (κ1) is 59.0. The fraction of sp³-hybridized carbons (Fsp3) is 0.568. The Morgan fingerprint density at radius 3 is 2.04 bits per heavy atom. The molecule has 0 aliphatic carbocycles. The van der Waals surface area contributed by atoms with Crippen LogP contribution in [-0.4, -0.2) is 189 Å². The number of anilines is 3. The molecule has 1 amide bonds. The third kappa shape index (κ3) is 12.0. The van der Waals surface area contributed by atoms with Crippen LogP contribution in [0.5, 0.6) is 0 Å². The van der Waals surface area contributed by atoms with Crippen LogP contribution in [0.15, 0.2) is 34.9 Å². The second kappa shape index (κ2) is 22.3. The molecule has 0 aromatic carbocycles. The third-order valence-corrected chi connectivity index (χ3v) is 18.6. The Morgan fingerprint density at radius 1 is 0.762 bits per heavy atom. The highest BCUT2D eigenvalue weighted by atomic mass is 31.3. The molecule has 6 aromatic heterocycles. The Labute approximate surface area is 446 Å². The molecule has 3 saturated heterocycles. The van der Waals surface area contributed by atoms with E-state index in [2.05, 4.69) is 48.5 Å². The number of nitrogens with two attached hydrogens (primary N) is 3. The van der Waals surface area contributed by atoms with Gasteiger partial charge in [-0.1, -0.05) is 4.98 Å². The van der Waals surface area contributed by atoms with Crippen molar-refractivity contribution in [3.8, 4) is 0 Å². The van der Waals surface area contributed by atoms with Crippen LogP contribution in [0.4, 0.5) is 17.7 Å². The number of H-pyrrole nitrogens is 2. The van der Waals surface area contributed by atoms with E-state index >= 15 is 0 Å². The van der Waals surface area contributed by atoms with Gasteiger partial charge in [-0.15, -0.1) is 0 Å². The number of nitrogens with zero attached hydrogens (tertiary/aromatic N) is 11. The minimum atomic E-state index is -6.22. The van der Waals surface area contributed by atoms with Crippen molar-refractivity contribution in [1.82, 2.24) is 58.5 Å². The Morgan fingerprint density at radius 2 is 1.38 bits per heavy atom. The standard InChI is InChI=1S/C37H52N16O23P4/c1-49(2)18(54)7-14-16(72-33(22(14)55)53-13-50(3)21-30(53)46-37(40)48-32(21)59)8-69-78(62,63)75-80(66,67)76-79(64,65)70-9-17-25(26(68-4)35(73-17)51-11-43-19-27(38)41-10-42-28(19)51)74-77(60,61)6-5-15-23(56)24(57)34(71-15)52-12-44-20-29(52)45-36(39)47-31(20)58/h10-17,22-26,33-35,55-57H,5-9H2,1-4H3,(H11-,38,39,40,41,42,45,46,47,48,58,59,60,61,62,63,64,65,66,67)/p+1/t14-,15-,16-,17-,22-,23-,24-,25-,26-,33-,34-,35-/m1/s1. The summed E-state index contributed by atoms with van der Waals surface area (Å²) in [6.07, 6.45) is -14.3. The topological polar surface area (TPSA) is 553 Å². The van der Waals surface area contributed by atoms with Crippen molar-refractivity contribution >= 4 is 88.2 Å². The Hall–Kier alpha value is -5.60. The van der Waals surface area contributed by atoms with Gasteiger partial charge in [0.25, 0.3) is 17.1 Å². The fourth-order valence-corrected chi connectivity index (χ4v) is 14.1. The highest BCUT2D eigenvalue weighted by Crippen LogP contribution is 2.68. The Bertz CT molecular complexity index is 3650. The normalized spacial score (nSPS) is 29.2. The average Bonchev–Trinajstić information content (AvgIpc) is 4.23. The van der Waals surface area contributed by atoms with Gasteiger partial charge in [-0.2, -0.15) is 13.6 Å². The summed E-state index contributed by atoms with van der Waals surface area (Å²) in [5.41, 5.74) is 15.8. The van der Waals surface area contributed by atoms with Crippen LogP contribution < -0.4 is 32.9 Å². The number of nitrogens with one attached hydrogen (secondary N) is 2. The summed E-state index contributed by atoms with van der Waals surface area (Å²) in [7, 11) is -17.6. The van der Waals surface area contributed by atoms with Crippen LogP contribution in [0.1, 0.15) is 31.5 Å². The molecule has 9 heterocycles. The number of aliphatic hydroxyl groups excluding tert-OH is 3. The third-order valence-electron chi connectivity index (χ3n) is 13.0. The van der Waals surface area contributed by atoms with Gasteiger partial charge in [-0.3, -0.25) is 56.2 Å². The molecule has 0 saturated carbocycles. The quantitative estimate of drug-likeness (QED) is 0.0246. The number of hydrogen-bond acceptors (Lipinski definition) is 28. The SMILES string of the molecule is CO[C@@H]1[C@H](OP(=O)(O)CC[C@H]2O[C@@H](n3cnc4c(=O)[nH]c(N)nc43)[C@H](O)[C@@H]2O)[C@@H](COP(=O)(O)OP(=O)(O)OP(=O)(O)OC[C@H]2O[C@@H]([n+]3cn(C)c4c(=O)[nH]c(N)nc43)[C@H](O)[C@@H]2CC(=O)N(C)C)O[C@H]1n1cnc2c(N)ncnc21. The van der Waals surface area contributed by atoms with Gasteiger partial charge in [0.05, 0.1) is 51.3 Å². The van der Waals surface area contributed by atoms with Gasteiger partial charge in [0, 0.05) is 33.5 Å². The first-order valence-electron chi connectivity index (χ1n) is 23.3. The number of carbonyl (C=O) groups excluding carboxylic acids is 1. The summed E-state index contributed by atoms with van der Waals surface area (Å²) in [6.45, 7) is -2.27. The van der Waals surface area contributed by atoms with E-state index in [1.54, 1.807) is 0 Å². The number of imidazole rings is 3. The summed E-state index contributed by atoms with van der Waals surface area (Å²) in [6, 6.07) is 0. The van der Waals surface area contributed by atoms with E-state index in [0.717, 1.165) is 24.3 Å². The lowest BCUT2D eigenvalue weighted by Crippen LogP contribution is -2.45. The van der Waals surface area contributed by atoms with E-state index in [0.29, 0.717) is 0 Å². The molecule has 6 aromatic rings. The molecule has 3 aliphatic rings. The van der Waals surface area contributed by atoms with Crippen LogP contribution in [0.2, 0.25) is 0 Å². The highest BCUT2D eigenvalue weighted by Gasteiger charge is 2.54. The number of rotatable bonds is 21. The zero-order chi connectivity index (χ0) is 58.1. The predicted octanol–water partition coefficient (Wildman–Crippen LogP) is -3.52. The molecule has 3 fully saturated rings. The van der Waals surface area contributed by atoms with Crippen LogP contribution in [-0.2, 0) is 71.2 Å². The van der Waals surface area contributed by atoms with Crippen molar-refractivity contribution in [3.05, 3.63) is 46.0 Å². The van der Waals surface area contributed by atoms with Crippen molar-refractivity contribution in [2.45, 2.75) is 80.4 Å². The lowest BCUT2D eigenvalue weighted by molar-refractivity contribution is -0.745. The summed E-state index contributed by atoms with van der Waals surface area (Å²) < 4.78 is 106. The molecule has 0 spiro atoms. The number of aryl methyl sites for hydroxylation is 1. The Balaban J connectivity index is 0.879. The number of fused-ring (bicyclic) bond motifs is 3. The highest BCUT2D eigenvalue weighted by molar-refractivity contribution is 7.66. The van der Waals surface area contributed by atoms with E-state index in [4.69, 9.17) is 49.7 Å². The predicted molar refractivity (Wildman–Crippen MR) is 263 cm³/mol. The summed E-state index contributed by atoms with van der Waals surface area (Å²) in [5.74, 6) is -2.44. The van der Waals surface area contributed by atoms with Crippen molar-refractivity contribution in [3.63, 3.8) is 0 Å². The molecule has 9 rings (SSSR count). The number of methoxy groups -OCH3 is 1. The van der Waals surface area contributed by atoms with Gasteiger partial charge in [0.15, 0.2) is 41.4 Å². The van der Waals surface area contributed by atoms with Gasteiger partial charge in [-0.05, 0) is 6.42 Å². The van der Waals surface area contributed by atoms with E-state index < -0.39 is 154 Å². The average molecular weight is 1210 g/mol. The molecule has 4 unspecified atom stereocenters. The van der Waals surface area contributed by atoms with E-state index in [9.17, 15) is 67.5 Å². The first-order valence-corrected chi connectivity index (χ1v) is 29.6. The van der Waals surface area contributed by atoms with Gasteiger partial charge in [0.2, 0.25) is 23.6 Å².